The number of carbonyl (C=O) groups is 1. The SMILES string of the molecule is Cc1ccc(S(=O)(=O)NC(=O)NC2CCCCC23OCCO3)cc1. The standard InChI is InChI=1S/C16H22N2O5S/c1-12-5-7-13(8-6-12)24(20,21)18-15(19)17-14-4-2-3-9-16(14)22-10-11-23-16/h5-8,14H,2-4,9-11H2,1H3,(H2,17,18,19). The van der Waals surface area contributed by atoms with Gasteiger partial charge in [-0.1, -0.05) is 24.1 Å². The predicted molar refractivity (Wildman–Crippen MR) is 86.9 cm³/mol. The molecule has 1 aliphatic heterocycles. The summed E-state index contributed by atoms with van der Waals surface area (Å²) in [5, 5.41) is 2.71. The number of aryl methyl sites for hydroxylation is 1. The van der Waals surface area contributed by atoms with Crippen molar-refractivity contribution in [1.29, 1.82) is 0 Å². The lowest BCUT2D eigenvalue weighted by molar-refractivity contribution is -0.192. The molecule has 2 amide bonds. The van der Waals surface area contributed by atoms with Gasteiger partial charge in [0.1, 0.15) is 0 Å². The van der Waals surface area contributed by atoms with Crippen molar-refractivity contribution in [3.63, 3.8) is 0 Å². The summed E-state index contributed by atoms with van der Waals surface area (Å²) in [5.41, 5.74) is 0.943. The zero-order chi connectivity index (χ0) is 17.2. The molecule has 1 atom stereocenters. The fourth-order valence-corrected chi connectivity index (χ4v) is 4.11. The molecule has 1 saturated heterocycles. The summed E-state index contributed by atoms with van der Waals surface area (Å²) in [6, 6.07) is 5.18. The van der Waals surface area contributed by atoms with E-state index in [0.717, 1.165) is 18.4 Å². The highest BCUT2D eigenvalue weighted by Gasteiger charge is 2.46. The van der Waals surface area contributed by atoms with Gasteiger partial charge in [0.2, 0.25) is 0 Å². The smallest absolute Gasteiger partial charge is 0.329 e. The van der Waals surface area contributed by atoms with Gasteiger partial charge in [-0.2, -0.15) is 0 Å². The van der Waals surface area contributed by atoms with E-state index in [9.17, 15) is 13.2 Å². The molecule has 24 heavy (non-hydrogen) atoms. The Bertz CT molecular complexity index is 696. The minimum atomic E-state index is -3.91. The molecular weight excluding hydrogens is 332 g/mol. The molecule has 132 valence electrons. The minimum absolute atomic E-state index is 0.0509. The van der Waals surface area contributed by atoms with Crippen LogP contribution in [0.25, 0.3) is 0 Å². The van der Waals surface area contributed by atoms with E-state index in [1.165, 1.54) is 12.1 Å². The monoisotopic (exact) mass is 354 g/mol. The Morgan fingerprint density at radius 2 is 1.83 bits per heavy atom. The number of hydrogen-bond acceptors (Lipinski definition) is 5. The molecule has 2 aliphatic rings. The Hall–Kier alpha value is -1.64. The third-order valence-electron chi connectivity index (χ3n) is 4.44. The van der Waals surface area contributed by atoms with E-state index in [0.29, 0.717) is 26.1 Å². The quantitative estimate of drug-likeness (QED) is 0.861. The molecule has 2 fully saturated rings. The largest absolute Gasteiger partial charge is 0.346 e. The second-order valence-corrected chi connectivity index (χ2v) is 7.88. The highest BCUT2D eigenvalue weighted by molar-refractivity contribution is 7.90. The van der Waals surface area contributed by atoms with Gasteiger partial charge in [0.15, 0.2) is 5.79 Å². The minimum Gasteiger partial charge on any atom is -0.346 e. The van der Waals surface area contributed by atoms with Crippen LogP contribution in [0, 0.1) is 6.92 Å². The molecule has 1 heterocycles. The molecule has 2 N–H and O–H groups in total. The predicted octanol–water partition coefficient (Wildman–Crippen LogP) is 1.67. The fraction of sp³-hybridized carbons (Fsp3) is 0.562. The molecule has 8 heteroatoms. The van der Waals surface area contributed by atoms with Gasteiger partial charge in [-0.25, -0.2) is 17.9 Å². The first-order chi connectivity index (χ1) is 11.4. The van der Waals surface area contributed by atoms with Gasteiger partial charge in [0.05, 0.1) is 24.2 Å². The van der Waals surface area contributed by atoms with E-state index in [-0.39, 0.29) is 10.9 Å². The molecule has 1 aromatic carbocycles. The van der Waals surface area contributed by atoms with Crippen molar-refractivity contribution >= 4 is 16.1 Å². The molecule has 0 aromatic heterocycles. The topological polar surface area (TPSA) is 93.7 Å². The number of carbonyl (C=O) groups excluding carboxylic acids is 1. The van der Waals surface area contributed by atoms with Crippen molar-refractivity contribution in [1.82, 2.24) is 10.0 Å². The number of nitrogens with one attached hydrogen (secondary N) is 2. The van der Waals surface area contributed by atoms with Crippen molar-refractivity contribution < 1.29 is 22.7 Å². The maximum Gasteiger partial charge on any atom is 0.329 e. The highest BCUT2D eigenvalue weighted by atomic mass is 32.2. The molecule has 1 spiro atoms. The first-order valence-corrected chi connectivity index (χ1v) is 9.57. The van der Waals surface area contributed by atoms with Crippen LogP contribution in [0.15, 0.2) is 29.2 Å². The molecule has 1 aliphatic carbocycles. The lowest BCUT2D eigenvalue weighted by atomic mass is 9.89. The second-order valence-electron chi connectivity index (χ2n) is 6.20. The van der Waals surface area contributed by atoms with Crippen molar-refractivity contribution in [2.45, 2.75) is 49.3 Å². The van der Waals surface area contributed by atoms with E-state index in [1.54, 1.807) is 12.1 Å². The molecule has 1 unspecified atom stereocenters. The highest BCUT2D eigenvalue weighted by Crippen LogP contribution is 2.35. The number of benzene rings is 1. The van der Waals surface area contributed by atoms with E-state index >= 15 is 0 Å². The summed E-state index contributed by atoms with van der Waals surface area (Å²) in [7, 11) is -3.91. The summed E-state index contributed by atoms with van der Waals surface area (Å²) in [6.45, 7) is 2.84. The third-order valence-corrected chi connectivity index (χ3v) is 5.79. The van der Waals surface area contributed by atoms with Crippen LogP contribution >= 0.6 is 0 Å². The first-order valence-electron chi connectivity index (χ1n) is 8.09. The lowest BCUT2D eigenvalue weighted by Gasteiger charge is -2.39. The Labute approximate surface area is 141 Å². The number of rotatable bonds is 3. The lowest BCUT2D eigenvalue weighted by Crippen LogP contribution is -2.57. The van der Waals surface area contributed by atoms with Crippen LogP contribution in [0.2, 0.25) is 0 Å². The molecule has 7 nitrogen and oxygen atoms in total. The van der Waals surface area contributed by atoms with E-state index in [2.05, 4.69) is 10.0 Å². The summed E-state index contributed by atoms with van der Waals surface area (Å²) < 4.78 is 38.0. The third kappa shape index (κ3) is 3.55. The van der Waals surface area contributed by atoms with Crippen molar-refractivity contribution in [3.05, 3.63) is 29.8 Å². The summed E-state index contributed by atoms with van der Waals surface area (Å²) >= 11 is 0. The molecule has 3 rings (SSSR count). The van der Waals surface area contributed by atoms with Gasteiger partial charge in [-0.15, -0.1) is 0 Å². The maximum absolute atomic E-state index is 12.3. The molecule has 0 bridgehead atoms. The average Bonchev–Trinajstić information content (AvgIpc) is 2.99. The zero-order valence-electron chi connectivity index (χ0n) is 13.6. The Balaban J connectivity index is 1.67. The van der Waals surface area contributed by atoms with Crippen LogP contribution in [0.4, 0.5) is 4.79 Å². The normalized spacial score (nSPS) is 23.1. The van der Waals surface area contributed by atoms with Crippen LogP contribution in [0.1, 0.15) is 31.2 Å². The molecular formula is C16H22N2O5S. The molecule has 1 saturated carbocycles. The molecule has 0 radical (unpaired) electrons. The van der Waals surface area contributed by atoms with Gasteiger partial charge in [-0.05, 0) is 31.9 Å². The Morgan fingerprint density at radius 1 is 1.17 bits per heavy atom. The van der Waals surface area contributed by atoms with Crippen LogP contribution in [0.5, 0.6) is 0 Å². The van der Waals surface area contributed by atoms with Crippen molar-refractivity contribution in [3.8, 4) is 0 Å². The van der Waals surface area contributed by atoms with Gasteiger partial charge < -0.3 is 14.8 Å². The van der Waals surface area contributed by atoms with Crippen LogP contribution in [-0.2, 0) is 19.5 Å². The Morgan fingerprint density at radius 3 is 2.50 bits per heavy atom. The van der Waals surface area contributed by atoms with E-state index < -0.39 is 21.8 Å². The second kappa shape index (κ2) is 6.70. The van der Waals surface area contributed by atoms with Crippen LogP contribution < -0.4 is 10.0 Å². The summed E-state index contributed by atoms with van der Waals surface area (Å²) in [5.74, 6) is -0.816. The van der Waals surface area contributed by atoms with E-state index in [4.69, 9.17) is 9.47 Å². The van der Waals surface area contributed by atoms with Crippen LogP contribution in [0.3, 0.4) is 0 Å². The summed E-state index contributed by atoms with van der Waals surface area (Å²) in [6.07, 6.45) is 3.28. The fourth-order valence-electron chi connectivity index (χ4n) is 3.20. The first kappa shape index (κ1) is 17.2. The number of urea groups is 1. The van der Waals surface area contributed by atoms with Crippen molar-refractivity contribution in [2.24, 2.45) is 0 Å². The number of sulfonamides is 1. The van der Waals surface area contributed by atoms with Gasteiger partial charge in [0.25, 0.3) is 10.0 Å². The molecule has 1 aromatic rings. The number of amides is 2. The Kier molecular flexibility index (Phi) is 4.80. The summed E-state index contributed by atoms with van der Waals surface area (Å²) in [4.78, 5) is 12.2. The van der Waals surface area contributed by atoms with Crippen LogP contribution in [-0.4, -0.2) is 39.5 Å². The van der Waals surface area contributed by atoms with Crippen molar-refractivity contribution in [2.75, 3.05) is 13.2 Å². The number of ether oxygens (including phenoxy) is 2. The average molecular weight is 354 g/mol. The van der Waals surface area contributed by atoms with Gasteiger partial charge in [-0.3, -0.25) is 0 Å². The maximum atomic E-state index is 12.3. The number of hydrogen-bond donors (Lipinski definition) is 2. The zero-order valence-corrected chi connectivity index (χ0v) is 14.4. The van der Waals surface area contributed by atoms with E-state index in [1.807, 2.05) is 6.92 Å². The van der Waals surface area contributed by atoms with Gasteiger partial charge >= 0.3 is 6.03 Å². The van der Waals surface area contributed by atoms with Gasteiger partial charge in [0, 0.05) is 6.42 Å².